The van der Waals surface area contributed by atoms with Crippen molar-refractivity contribution in [3.63, 3.8) is 0 Å². The Morgan fingerprint density at radius 1 is 1.12 bits per heavy atom. The molecule has 0 fully saturated rings. The van der Waals surface area contributed by atoms with Gasteiger partial charge in [-0.15, -0.1) is 0 Å². The molecule has 2 aromatic rings. The number of allylic oxidation sites excluding steroid dienone is 1. The van der Waals surface area contributed by atoms with Gasteiger partial charge in [-0.25, -0.2) is 0 Å². The van der Waals surface area contributed by atoms with Crippen molar-refractivity contribution in [2.24, 2.45) is 0 Å². The highest BCUT2D eigenvalue weighted by molar-refractivity contribution is 6.14. The normalized spacial score (nSPS) is 10.6. The maximum Gasteiger partial charge on any atom is 0.203 e. The number of carbonyl (C=O) groups excluding carboxylic acids is 1. The molecule has 0 heterocycles. The van der Waals surface area contributed by atoms with Crippen LogP contribution in [0.4, 0.5) is 0 Å². The molecule has 0 aromatic heterocycles. The number of hydrogen-bond donors (Lipinski definition) is 0. The number of Topliss-reactive ketones (excluding diaryl/α,β-unsaturated/α-hetero) is 1. The van der Waals surface area contributed by atoms with E-state index in [-0.39, 0.29) is 11.4 Å². The van der Waals surface area contributed by atoms with Crippen LogP contribution >= 0.6 is 0 Å². The minimum atomic E-state index is -0.327. The first-order valence-electron chi connectivity index (χ1n) is 7.32. The van der Waals surface area contributed by atoms with E-state index in [4.69, 9.17) is 9.47 Å². The molecule has 0 aliphatic carbocycles. The molecule has 0 bridgehead atoms. The number of methoxy groups -OCH3 is 1. The lowest BCUT2D eigenvalue weighted by atomic mass is 10.0. The molecule has 4 nitrogen and oxygen atoms in total. The van der Waals surface area contributed by atoms with Gasteiger partial charge in [0.05, 0.1) is 7.11 Å². The fraction of sp³-hybridized carbons (Fsp3) is 0.100. The van der Waals surface area contributed by atoms with E-state index in [2.05, 4.69) is 6.58 Å². The first-order valence-corrected chi connectivity index (χ1v) is 7.32. The van der Waals surface area contributed by atoms with Crippen LogP contribution in [0.1, 0.15) is 15.9 Å². The molecule has 0 saturated carbocycles. The van der Waals surface area contributed by atoms with Crippen LogP contribution in [0, 0.1) is 11.3 Å². The molecule has 0 saturated heterocycles. The Kier molecular flexibility index (Phi) is 5.93. The number of ketones is 1. The van der Waals surface area contributed by atoms with E-state index < -0.39 is 0 Å². The second-order valence-electron chi connectivity index (χ2n) is 4.90. The fourth-order valence-corrected chi connectivity index (χ4v) is 2.03. The van der Waals surface area contributed by atoms with Crippen LogP contribution in [0.25, 0.3) is 6.08 Å². The minimum absolute atomic E-state index is 0.0694. The first kappa shape index (κ1) is 17.0. The lowest BCUT2D eigenvalue weighted by Gasteiger charge is -2.04. The third-order valence-electron chi connectivity index (χ3n) is 3.28. The van der Waals surface area contributed by atoms with Gasteiger partial charge in [0.2, 0.25) is 5.78 Å². The summed E-state index contributed by atoms with van der Waals surface area (Å²) in [5, 5.41) is 9.29. The minimum Gasteiger partial charge on any atom is -0.497 e. The van der Waals surface area contributed by atoms with Gasteiger partial charge >= 0.3 is 0 Å². The van der Waals surface area contributed by atoms with E-state index in [1.807, 2.05) is 6.07 Å². The molecule has 4 heteroatoms. The number of nitrogens with zero attached hydrogens (tertiary/aromatic N) is 1. The highest BCUT2D eigenvalue weighted by Crippen LogP contribution is 2.18. The molecule has 0 atom stereocenters. The molecule has 0 spiro atoms. The molecular formula is C20H17NO3. The smallest absolute Gasteiger partial charge is 0.203 e. The van der Waals surface area contributed by atoms with Crippen LogP contribution in [0.15, 0.2) is 66.8 Å². The summed E-state index contributed by atoms with van der Waals surface area (Å²) in [4.78, 5) is 12.4. The van der Waals surface area contributed by atoms with Crippen molar-refractivity contribution in [3.8, 4) is 17.6 Å². The molecule has 2 aromatic carbocycles. The average Bonchev–Trinajstić information content (AvgIpc) is 2.65. The maximum absolute atomic E-state index is 12.4. The first-order chi connectivity index (χ1) is 11.7. The highest BCUT2D eigenvalue weighted by atomic mass is 16.5. The van der Waals surface area contributed by atoms with E-state index in [0.717, 1.165) is 5.56 Å². The highest BCUT2D eigenvalue weighted by Gasteiger charge is 2.12. The summed E-state index contributed by atoms with van der Waals surface area (Å²) >= 11 is 0. The zero-order valence-electron chi connectivity index (χ0n) is 13.4. The number of ether oxygens (including phenoxy) is 2. The Bertz CT molecular complexity index is 781. The SMILES string of the molecule is C=CCOc1ccc(C=C(C#N)C(=O)c2ccc(OC)cc2)cc1. The summed E-state index contributed by atoms with van der Waals surface area (Å²) in [5.74, 6) is 1.03. The molecule has 0 N–H and O–H groups in total. The van der Waals surface area contributed by atoms with Crippen molar-refractivity contribution in [2.75, 3.05) is 13.7 Å². The van der Waals surface area contributed by atoms with E-state index in [1.54, 1.807) is 67.8 Å². The monoisotopic (exact) mass is 319 g/mol. The predicted octanol–water partition coefficient (Wildman–Crippen LogP) is 4.05. The van der Waals surface area contributed by atoms with Gasteiger partial charge in [-0.1, -0.05) is 24.8 Å². The van der Waals surface area contributed by atoms with Gasteiger partial charge in [-0.2, -0.15) is 5.26 Å². The molecule has 2 rings (SSSR count). The molecule has 120 valence electrons. The maximum atomic E-state index is 12.4. The third-order valence-corrected chi connectivity index (χ3v) is 3.28. The topological polar surface area (TPSA) is 59.3 Å². The van der Waals surface area contributed by atoms with Crippen LogP contribution in [0.5, 0.6) is 11.5 Å². The van der Waals surface area contributed by atoms with Crippen molar-refractivity contribution in [1.82, 2.24) is 0 Å². The van der Waals surface area contributed by atoms with Crippen LogP contribution < -0.4 is 9.47 Å². The van der Waals surface area contributed by atoms with Gasteiger partial charge in [0.15, 0.2) is 0 Å². The average molecular weight is 319 g/mol. The Morgan fingerprint density at radius 3 is 2.29 bits per heavy atom. The molecule has 0 unspecified atom stereocenters. The van der Waals surface area contributed by atoms with E-state index in [9.17, 15) is 10.1 Å². The largest absolute Gasteiger partial charge is 0.497 e. The van der Waals surface area contributed by atoms with E-state index in [1.165, 1.54) is 0 Å². The lowest BCUT2D eigenvalue weighted by molar-refractivity contribution is 0.104. The summed E-state index contributed by atoms with van der Waals surface area (Å²) in [6.07, 6.45) is 3.22. The molecular weight excluding hydrogens is 302 g/mol. The van der Waals surface area contributed by atoms with Gasteiger partial charge in [-0.05, 0) is 48.0 Å². The van der Waals surface area contributed by atoms with Crippen molar-refractivity contribution >= 4 is 11.9 Å². The summed E-state index contributed by atoms with van der Waals surface area (Å²) in [6.45, 7) is 4.01. The number of rotatable bonds is 7. The Hall–Kier alpha value is -3.32. The number of carbonyl (C=O) groups is 1. The Labute approximate surface area is 141 Å². The quantitative estimate of drug-likeness (QED) is 0.334. The summed E-state index contributed by atoms with van der Waals surface area (Å²) < 4.78 is 10.5. The number of benzene rings is 2. The van der Waals surface area contributed by atoms with Crippen molar-refractivity contribution < 1.29 is 14.3 Å². The summed E-state index contributed by atoms with van der Waals surface area (Å²) in [7, 11) is 1.56. The summed E-state index contributed by atoms with van der Waals surface area (Å²) in [6, 6.07) is 15.8. The molecule has 0 amide bonds. The molecule has 0 aliphatic rings. The van der Waals surface area contributed by atoms with Crippen molar-refractivity contribution in [2.45, 2.75) is 0 Å². The van der Waals surface area contributed by atoms with Gasteiger partial charge in [-0.3, -0.25) is 4.79 Å². The number of hydrogen-bond acceptors (Lipinski definition) is 4. The second-order valence-corrected chi connectivity index (χ2v) is 4.90. The van der Waals surface area contributed by atoms with Crippen LogP contribution in [-0.4, -0.2) is 19.5 Å². The van der Waals surface area contributed by atoms with Crippen molar-refractivity contribution in [1.29, 1.82) is 5.26 Å². The van der Waals surface area contributed by atoms with E-state index in [0.29, 0.717) is 23.7 Å². The van der Waals surface area contributed by atoms with Crippen LogP contribution in [-0.2, 0) is 0 Å². The van der Waals surface area contributed by atoms with Crippen molar-refractivity contribution in [3.05, 3.63) is 77.9 Å². The zero-order chi connectivity index (χ0) is 17.4. The predicted molar refractivity (Wildman–Crippen MR) is 93.0 cm³/mol. The fourth-order valence-electron chi connectivity index (χ4n) is 2.03. The molecule has 24 heavy (non-hydrogen) atoms. The Morgan fingerprint density at radius 2 is 1.75 bits per heavy atom. The standard InChI is InChI=1S/C20H17NO3/c1-3-12-24-19-8-4-15(5-9-19)13-17(14-21)20(22)16-6-10-18(23-2)11-7-16/h3-11,13H,1,12H2,2H3. The molecule has 0 radical (unpaired) electrons. The summed E-state index contributed by atoms with van der Waals surface area (Å²) in [5.41, 5.74) is 1.26. The van der Waals surface area contributed by atoms with Gasteiger partial charge in [0, 0.05) is 5.56 Å². The molecule has 0 aliphatic heterocycles. The van der Waals surface area contributed by atoms with Gasteiger partial charge < -0.3 is 9.47 Å². The second kappa shape index (κ2) is 8.35. The van der Waals surface area contributed by atoms with Crippen LogP contribution in [0.3, 0.4) is 0 Å². The van der Waals surface area contributed by atoms with Gasteiger partial charge in [0.25, 0.3) is 0 Å². The third kappa shape index (κ3) is 4.34. The van der Waals surface area contributed by atoms with Gasteiger partial charge in [0.1, 0.15) is 29.7 Å². The Balaban J connectivity index is 2.19. The number of nitriles is 1. The van der Waals surface area contributed by atoms with Crippen LogP contribution in [0.2, 0.25) is 0 Å². The lowest BCUT2D eigenvalue weighted by Crippen LogP contribution is -2.02. The van der Waals surface area contributed by atoms with E-state index >= 15 is 0 Å². The zero-order valence-corrected chi connectivity index (χ0v) is 13.4.